The van der Waals surface area contributed by atoms with Gasteiger partial charge in [-0.2, -0.15) is 4.98 Å². The van der Waals surface area contributed by atoms with Crippen LogP contribution in [0.1, 0.15) is 33.1 Å². The molecule has 112 valence electrons. The minimum atomic E-state index is -0.242. The molecule has 21 heavy (non-hydrogen) atoms. The zero-order valence-electron chi connectivity index (χ0n) is 12.0. The minimum Gasteiger partial charge on any atom is -0.476 e. The van der Waals surface area contributed by atoms with Gasteiger partial charge in [0.25, 0.3) is 0 Å². The molecule has 0 saturated carbocycles. The molecule has 1 amide bonds. The number of ether oxygens (including phenoxy) is 1. The first kappa shape index (κ1) is 15.4. The Labute approximate surface area is 127 Å². The molecule has 0 atom stereocenters. The Bertz CT molecular complexity index is 648. The van der Waals surface area contributed by atoms with Crippen LogP contribution in [0.5, 0.6) is 5.88 Å². The maximum Gasteiger partial charge on any atom is 0.245 e. The number of nitrogens with zero attached hydrogens (tertiary/aromatic N) is 3. The number of carbonyl (C=O) groups is 1. The van der Waals surface area contributed by atoms with Gasteiger partial charge in [0.05, 0.1) is 12.1 Å². The number of aromatic nitrogens is 3. The molecule has 2 heterocycles. The Hall–Kier alpha value is -1.95. The van der Waals surface area contributed by atoms with Crippen molar-refractivity contribution in [1.82, 2.24) is 15.0 Å². The summed E-state index contributed by atoms with van der Waals surface area (Å²) in [4.78, 5) is 23.8. The molecule has 7 heteroatoms. The maximum atomic E-state index is 11.1. The van der Waals surface area contributed by atoms with Gasteiger partial charge < -0.3 is 4.74 Å². The number of unbranched alkanes of at least 4 members (excludes halogenated alkanes) is 2. The van der Waals surface area contributed by atoms with E-state index < -0.39 is 0 Å². The van der Waals surface area contributed by atoms with Crippen molar-refractivity contribution in [2.75, 3.05) is 11.9 Å². The van der Waals surface area contributed by atoms with Gasteiger partial charge in [0, 0.05) is 6.92 Å². The number of nitrogens with one attached hydrogen (secondary N) is 1. The fourth-order valence-corrected chi connectivity index (χ4v) is 1.95. The summed E-state index contributed by atoms with van der Waals surface area (Å²) in [5.41, 5.74) is 1.07. The molecule has 0 bridgehead atoms. The fourth-order valence-electron chi connectivity index (χ4n) is 1.80. The molecule has 0 aliphatic rings. The quantitative estimate of drug-likeness (QED) is 0.655. The SMILES string of the molecule is CCCCCOc1nc(NC(C)=O)nc2ccc(Cl)nc12. The highest BCUT2D eigenvalue weighted by Crippen LogP contribution is 2.24. The van der Waals surface area contributed by atoms with Gasteiger partial charge in [0.15, 0.2) is 5.52 Å². The number of hydrogen-bond acceptors (Lipinski definition) is 5. The third-order valence-electron chi connectivity index (χ3n) is 2.75. The van der Waals surface area contributed by atoms with Gasteiger partial charge in [-0.15, -0.1) is 0 Å². The standard InChI is InChI=1S/C14H17ClN4O2/c1-3-4-5-8-21-13-12-10(6-7-11(15)18-12)17-14(19-13)16-9(2)20/h6-7H,3-5,8H2,1-2H3,(H,16,17,19,20). The van der Waals surface area contributed by atoms with Gasteiger partial charge in [-0.25, -0.2) is 9.97 Å². The zero-order chi connectivity index (χ0) is 15.2. The number of hydrogen-bond donors (Lipinski definition) is 1. The van der Waals surface area contributed by atoms with Crippen LogP contribution < -0.4 is 10.1 Å². The number of fused-ring (bicyclic) bond motifs is 1. The van der Waals surface area contributed by atoms with E-state index in [1.807, 2.05) is 0 Å². The summed E-state index contributed by atoms with van der Waals surface area (Å²) in [7, 11) is 0. The van der Waals surface area contributed by atoms with Gasteiger partial charge in [-0.05, 0) is 18.6 Å². The summed E-state index contributed by atoms with van der Waals surface area (Å²) in [6.07, 6.45) is 3.11. The highest BCUT2D eigenvalue weighted by molar-refractivity contribution is 6.29. The molecule has 2 aromatic rings. The Kier molecular flexibility index (Phi) is 5.27. The summed E-state index contributed by atoms with van der Waals surface area (Å²) in [5.74, 6) is 0.292. The van der Waals surface area contributed by atoms with Crippen LogP contribution in [-0.4, -0.2) is 27.5 Å². The second-order valence-corrected chi connectivity index (χ2v) is 4.98. The number of pyridine rings is 1. The predicted molar refractivity (Wildman–Crippen MR) is 81.7 cm³/mol. The van der Waals surface area contributed by atoms with Crippen molar-refractivity contribution < 1.29 is 9.53 Å². The van der Waals surface area contributed by atoms with E-state index in [0.717, 1.165) is 19.3 Å². The first-order valence-electron chi connectivity index (χ1n) is 6.85. The molecular formula is C14H17ClN4O2. The van der Waals surface area contributed by atoms with Crippen LogP contribution in [0.3, 0.4) is 0 Å². The van der Waals surface area contributed by atoms with E-state index >= 15 is 0 Å². The molecule has 0 fully saturated rings. The van der Waals surface area contributed by atoms with Crippen LogP contribution in [0.15, 0.2) is 12.1 Å². The lowest BCUT2D eigenvalue weighted by Gasteiger charge is -2.09. The molecule has 0 radical (unpaired) electrons. The lowest BCUT2D eigenvalue weighted by molar-refractivity contribution is -0.114. The van der Waals surface area contributed by atoms with Crippen molar-refractivity contribution >= 4 is 34.5 Å². The summed E-state index contributed by atoms with van der Waals surface area (Å²) in [6.45, 7) is 4.05. The lowest BCUT2D eigenvalue weighted by Crippen LogP contribution is -2.11. The highest BCUT2D eigenvalue weighted by Gasteiger charge is 2.12. The third-order valence-corrected chi connectivity index (χ3v) is 2.96. The Morgan fingerprint density at radius 1 is 1.29 bits per heavy atom. The normalized spacial score (nSPS) is 10.6. The van der Waals surface area contributed by atoms with Crippen LogP contribution in [0.25, 0.3) is 11.0 Å². The fraction of sp³-hybridized carbons (Fsp3) is 0.429. The van der Waals surface area contributed by atoms with E-state index in [0.29, 0.717) is 28.7 Å². The molecule has 2 rings (SSSR count). The van der Waals surface area contributed by atoms with Crippen LogP contribution in [0.2, 0.25) is 5.15 Å². The number of carbonyl (C=O) groups excluding carboxylic acids is 1. The maximum absolute atomic E-state index is 11.1. The molecule has 0 unspecified atom stereocenters. The Morgan fingerprint density at radius 3 is 2.81 bits per heavy atom. The highest BCUT2D eigenvalue weighted by atomic mass is 35.5. The topological polar surface area (TPSA) is 77.0 Å². The largest absolute Gasteiger partial charge is 0.476 e. The van der Waals surface area contributed by atoms with Crippen molar-refractivity contribution in [2.24, 2.45) is 0 Å². The first-order valence-corrected chi connectivity index (χ1v) is 7.22. The van der Waals surface area contributed by atoms with E-state index in [4.69, 9.17) is 16.3 Å². The Morgan fingerprint density at radius 2 is 2.10 bits per heavy atom. The average Bonchev–Trinajstić information content (AvgIpc) is 2.43. The van der Waals surface area contributed by atoms with Crippen molar-refractivity contribution in [3.8, 4) is 5.88 Å². The average molecular weight is 309 g/mol. The molecular weight excluding hydrogens is 292 g/mol. The van der Waals surface area contributed by atoms with Crippen molar-refractivity contribution in [2.45, 2.75) is 33.1 Å². The van der Waals surface area contributed by atoms with E-state index in [2.05, 4.69) is 27.2 Å². The second-order valence-electron chi connectivity index (χ2n) is 4.59. The van der Waals surface area contributed by atoms with Gasteiger partial charge in [0.2, 0.25) is 17.7 Å². The van der Waals surface area contributed by atoms with Crippen molar-refractivity contribution in [3.05, 3.63) is 17.3 Å². The second kappa shape index (κ2) is 7.17. The Balaban J connectivity index is 2.33. The summed E-state index contributed by atoms with van der Waals surface area (Å²) in [5, 5.41) is 2.90. The summed E-state index contributed by atoms with van der Waals surface area (Å²) in [6, 6.07) is 3.35. The van der Waals surface area contributed by atoms with E-state index in [1.54, 1.807) is 12.1 Å². The first-order chi connectivity index (χ1) is 10.1. The van der Waals surface area contributed by atoms with Crippen LogP contribution in [0.4, 0.5) is 5.95 Å². The zero-order valence-corrected chi connectivity index (χ0v) is 12.8. The molecule has 6 nitrogen and oxygen atoms in total. The number of halogens is 1. The van der Waals surface area contributed by atoms with Crippen molar-refractivity contribution in [3.63, 3.8) is 0 Å². The van der Waals surface area contributed by atoms with Crippen LogP contribution >= 0.6 is 11.6 Å². The summed E-state index contributed by atoms with van der Waals surface area (Å²) < 4.78 is 5.68. The third kappa shape index (κ3) is 4.26. The van der Waals surface area contributed by atoms with E-state index in [1.165, 1.54) is 6.92 Å². The van der Waals surface area contributed by atoms with Crippen LogP contribution in [-0.2, 0) is 4.79 Å². The molecule has 0 aliphatic heterocycles. The van der Waals surface area contributed by atoms with Crippen molar-refractivity contribution in [1.29, 1.82) is 0 Å². The smallest absolute Gasteiger partial charge is 0.245 e. The lowest BCUT2D eigenvalue weighted by atomic mass is 10.3. The molecule has 0 aliphatic carbocycles. The number of anilines is 1. The van der Waals surface area contributed by atoms with Gasteiger partial charge in [0.1, 0.15) is 5.15 Å². The molecule has 0 aromatic carbocycles. The molecule has 0 saturated heterocycles. The van der Waals surface area contributed by atoms with E-state index in [-0.39, 0.29) is 11.9 Å². The predicted octanol–water partition coefficient (Wildman–Crippen LogP) is 3.21. The number of amides is 1. The molecule has 1 N–H and O–H groups in total. The van der Waals surface area contributed by atoms with Gasteiger partial charge in [-0.1, -0.05) is 31.4 Å². The molecule has 2 aromatic heterocycles. The summed E-state index contributed by atoms with van der Waals surface area (Å²) >= 11 is 5.91. The van der Waals surface area contributed by atoms with Gasteiger partial charge in [-0.3, -0.25) is 10.1 Å². The number of rotatable bonds is 6. The minimum absolute atomic E-state index is 0.199. The van der Waals surface area contributed by atoms with Crippen LogP contribution in [0, 0.1) is 0 Å². The molecule has 0 spiro atoms. The van der Waals surface area contributed by atoms with E-state index in [9.17, 15) is 4.79 Å². The van der Waals surface area contributed by atoms with Gasteiger partial charge >= 0.3 is 0 Å². The monoisotopic (exact) mass is 308 g/mol.